The first-order valence-corrected chi connectivity index (χ1v) is 10.1. The Kier molecular flexibility index (Phi) is 6.67. The summed E-state index contributed by atoms with van der Waals surface area (Å²) < 4.78 is 32.1. The lowest BCUT2D eigenvalue weighted by Gasteiger charge is -2.24. The van der Waals surface area contributed by atoms with Crippen molar-refractivity contribution in [3.05, 3.63) is 59.1 Å². The van der Waals surface area contributed by atoms with Gasteiger partial charge in [-0.15, -0.1) is 0 Å². The van der Waals surface area contributed by atoms with Gasteiger partial charge < -0.3 is 4.74 Å². The maximum atomic E-state index is 13.1. The number of carbonyl (C=O) groups is 1. The molecule has 0 bridgehead atoms. The van der Waals surface area contributed by atoms with E-state index in [1.54, 1.807) is 19.1 Å². The molecule has 2 aromatic rings. The van der Waals surface area contributed by atoms with Crippen LogP contribution in [0, 0.1) is 0 Å². The zero-order valence-corrected chi connectivity index (χ0v) is 16.5. The van der Waals surface area contributed by atoms with Gasteiger partial charge in [0.1, 0.15) is 6.54 Å². The van der Waals surface area contributed by atoms with E-state index in [2.05, 4.69) is 13.8 Å². The second-order valence-corrected chi connectivity index (χ2v) is 8.32. The Hall–Kier alpha value is -2.05. The third-order valence-corrected chi connectivity index (χ3v) is 5.87. The molecular formula is C19H22ClNO4S. The molecule has 0 aromatic heterocycles. The van der Waals surface area contributed by atoms with Gasteiger partial charge in [0.25, 0.3) is 10.0 Å². The molecule has 2 aromatic carbocycles. The van der Waals surface area contributed by atoms with Gasteiger partial charge in [0.2, 0.25) is 0 Å². The van der Waals surface area contributed by atoms with E-state index in [-0.39, 0.29) is 11.5 Å². The minimum Gasteiger partial charge on any atom is -0.465 e. The van der Waals surface area contributed by atoms with Crippen molar-refractivity contribution in [3.63, 3.8) is 0 Å². The number of hydrogen-bond acceptors (Lipinski definition) is 4. The van der Waals surface area contributed by atoms with E-state index < -0.39 is 22.5 Å². The van der Waals surface area contributed by atoms with Crippen LogP contribution in [0.5, 0.6) is 0 Å². The molecule has 0 aliphatic rings. The number of carbonyl (C=O) groups excluding carboxylic acids is 1. The number of halogens is 1. The monoisotopic (exact) mass is 395 g/mol. The molecule has 0 aliphatic carbocycles. The lowest BCUT2D eigenvalue weighted by Crippen LogP contribution is -2.36. The number of sulfonamides is 1. The average molecular weight is 396 g/mol. The van der Waals surface area contributed by atoms with E-state index >= 15 is 0 Å². The Balaban J connectivity index is 2.45. The fourth-order valence-corrected chi connectivity index (χ4v) is 3.93. The highest BCUT2D eigenvalue weighted by atomic mass is 35.5. The molecule has 26 heavy (non-hydrogen) atoms. The van der Waals surface area contributed by atoms with Gasteiger partial charge in [-0.25, -0.2) is 8.42 Å². The van der Waals surface area contributed by atoms with Crippen LogP contribution in [0.4, 0.5) is 5.69 Å². The van der Waals surface area contributed by atoms with Crippen LogP contribution in [0.1, 0.15) is 32.3 Å². The van der Waals surface area contributed by atoms with Crippen molar-refractivity contribution in [2.45, 2.75) is 31.6 Å². The van der Waals surface area contributed by atoms with E-state index in [0.717, 1.165) is 9.87 Å². The lowest BCUT2D eigenvalue weighted by atomic mass is 10.0. The number of nitrogens with zero attached hydrogens (tertiary/aromatic N) is 1. The topological polar surface area (TPSA) is 63.7 Å². The maximum absolute atomic E-state index is 13.1. The van der Waals surface area contributed by atoms with Gasteiger partial charge in [-0.05, 0) is 54.8 Å². The smallest absolute Gasteiger partial charge is 0.326 e. The number of anilines is 1. The van der Waals surface area contributed by atoms with Crippen LogP contribution < -0.4 is 4.31 Å². The molecule has 0 N–H and O–H groups in total. The second kappa shape index (κ2) is 8.56. The van der Waals surface area contributed by atoms with Crippen molar-refractivity contribution >= 4 is 33.3 Å². The summed E-state index contributed by atoms with van der Waals surface area (Å²) in [7, 11) is -3.94. The van der Waals surface area contributed by atoms with Gasteiger partial charge in [-0.3, -0.25) is 9.10 Å². The van der Waals surface area contributed by atoms with Crippen LogP contribution in [0.2, 0.25) is 5.02 Å². The molecule has 0 fully saturated rings. The summed E-state index contributed by atoms with van der Waals surface area (Å²) in [6.45, 7) is 5.55. The van der Waals surface area contributed by atoms with E-state index in [4.69, 9.17) is 16.3 Å². The average Bonchev–Trinajstić information content (AvgIpc) is 2.60. The Morgan fingerprint density at radius 2 is 1.65 bits per heavy atom. The molecule has 2 rings (SSSR count). The molecule has 5 nitrogen and oxygen atoms in total. The zero-order valence-electron chi connectivity index (χ0n) is 15.0. The summed E-state index contributed by atoms with van der Waals surface area (Å²) in [5.74, 6) is -0.298. The van der Waals surface area contributed by atoms with Crippen LogP contribution in [0.25, 0.3) is 0 Å². The predicted molar refractivity (Wildman–Crippen MR) is 103 cm³/mol. The van der Waals surface area contributed by atoms with Gasteiger partial charge in [0.05, 0.1) is 17.2 Å². The van der Waals surface area contributed by atoms with Crippen molar-refractivity contribution in [2.24, 2.45) is 0 Å². The molecule has 0 atom stereocenters. The SMILES string of the molecule is CCOC(=O)CN(c1ccc(C(C)C)cc1)S(=O)(=O)c1ccc(Cl)cc1. The van der Waals surface area contributed by atoms with Crippen molar-refractivity contribution in [1.82, 2.24) is 0 Å². The summed E-state index contributed by atoms with van der Waals surface area (Å²) in [5, 5.41) is 0.433. The van der Waals surface area contributed by atoms with E-state index in [1.807, 2.05) is 12.1 Å². The highest BCUT2D eigenvalue weighted by Gasteiger charge is 2.27. The summed E-state index contributed by atoms with van der Waals surface area (Å²) in [5.41, 5.74) is 1.48. The van der Waals surface area contributed by atoms with Gasteiger partial charge in [0.15, 0.2) is 0 Å². The fraction of sp³-hybridized carbons (Fsp3) is 0.316. The van der Waals surface area contributed by atoms with Gasteiger partial charge in [-0.1, -0.05) is 37.6 Å². The normalized spacial score (nSPS) is 11.4. The van der Waals surface area contributed by atoms with Crippen molar-refractivity contribution in [2.75, 3.05) is 17.5 Å². The quantitative estimate of drug-likeness (QED) is 0.658. The number of ether oxygens (including phenoxy) is 1. The Labute approximate surface area is 159 Å². The molecule has 0 saturated heterocycles. The molecule has 0 amide bonds. The first kappa shape index (κ1) is 20.3. The largest absolute Gasteiger partial charge is 0.465 e. The van der Waals surface area contributed by atoms with Gasteiger partial charge in [0, 0.05) is 5.02 Å². The molecule has 0 saturated carbocycles. The minimum absolute atomic E-state index is 0.0548. The number of rotatable bonds is 7. The molecule has 0 spiro atoms. The van der Waals surface area contributed by atoms with E-state index in [0.29, 0.717) is 16.6 Å². The molecule has 140 valence electrons. The molecule has 0 heterocycles. The van der Waals surface area contributed by atoms with Crippen LogP contribution in [0.15, 0.2) is 53.4 Å². The minimum atomic E-state index is -3.94. The van der Waals surface area contributed by atoms with Crippen LogP contribution in [-0.4, -0.2) is 27.5 Å². The third-order valence-electron chi connectivity index (χ3n) is 3.83. The summed E-state index contributed by atoms with van der Waals surface area (Å²) in [4.78, 5) is 12.0. The van der Waals surface area contributed by atoms with Crippen LogP contribution >= 0.6 is 11.6 Å². The zero-order chi connectivity index (χ0) is 19.3. The third kappa shape index (κ3) is 4.77. The second-order valence-electron chi connectivity index (χ2n) is 6.02. The van der Waals surface area contributed by atoms with E-state index in [9.17, 15) is 13.2 Å². The highest BCUT2D eigenvalue weighted by molar-refractivity contribution is 7.92. The predicted octanol–water partition coefficient (Wildman–Crippen LogP) is 4.22. The Bertz CT molecular complexity index is 846. The molecule has 0 aliphatic heterocycles. The lowest BCUT2D eigenvalue weighted by molar-refractivity contribution is -0.141. The number of benzene rings is 2. The van der Waals surface area contributed by atoms with E-state index in [1.165, 1.54) is 24.3 Å². The summed E-state index contributed by atoms with van der Waals surface area (Å²) in [6, 6.07) is 12.9. The summed E-state index contributed by atoms with van der Waals surface area (Å²) in [6.07, 6.45) is 0. The molecule has 7 heteroatoms. The Morgan fingerprint density at radius 3 is 2.15 bits per heavy atom. The first-order chi connectivity index (χ1) is 12.3. The number of esters is 1. The van der Waals surface area contributed by atoms with Gasteiger partial charge >= 0.3 is 5.97 Å². The molecule has 0 radical (unpaired) electrons. The standard InChI is InChI=1S/C19H22ClNO4S/c1-4-25-19(22)13-21(17-9-5-15(6-10-17)14(2)3)26(23,24)18-11-7-16(20)8-12-18/h5-12,14H,4,13H2,1-3H3. The number of hydrogen-bond donors (Lipinski definition) is 0. The fourth-order valence-electron chi connectivity index (χ4n) is 2.40. The molecular weight excluding hydrogens is 374 g/mol. The highest BCUT2D eigenvalue weighted by Crippen LogP contribution is 2.26. The first-order valence-electron chi connectivity index (χ1n) is 8.29. The van der Waals surface area contributed by atoms with Crippen LogP contribution in [0.3, 0.4) is 0 Å². The maximum Gasteiger partial charge on any atom is 0.326 e. The Morgan fingerprint density at radius 1 is 1.08 bits per heavy atom. The summed E-state index contributed by atoms with van der Waals surface area (Å²) >= 11 is 5.85. The molecule has 0 unspecified atom stereocenters. The van der Waals surface area contributed by atoms with Crippen molar-refractivity contribution in [3.8, 4) is 0 Å². The van der Waals surface area contributed by atoms with Crippen molar-refractivity contribution < 1.29 is 17.9 Å². The van der Waals surface area contributed by atoms with Crippen LogP contribution in [-0.2, 0) is 19.6 Å². The van der Waals surface area contributed by atoms with Crippen molar-refractivity contribution in [1.29, 1.82) is 0 Å². The van der Waals surface area contributed by atoms with Gasteiger partial charge in [-0.2, -0.15) is 0 Å².